The maximum Gasteiger partial charge on any atom is 0.416 e. The predicted octanol–water partition coefficient (Wildman–Crippen LogP) is 4.99. The molecule has 0 aromatic heterocycles. The van der Waals surface area contributed by atoms with Crippen molar-refractivity contribution in [2.24, 2.45) is 0 Å². The summed E-state index contributed by atoms with van der Waals surface area (Å²) < 4.78 is 38.8. The Morgan fingerprint density at radius 3 is 2.46 bits per heavy atom. The maximum atomic E-state index is 12.9. The van der Waals surface area contributed by atoms with Gasteiger partial charge in [-0.2, -0.15) is 13.2 Å². The van der Waals surface area contributed by atoms with Gasteiger partial charge in [-0.15, -0.1) is 11.8 Å². The molecule has 1 unspecified atom stereocenters. The van der Waals surface area contributed by atoms with Crippen molar-refractivity contribution in [2.75, 3.05) is 0 Å². The minimum Gasteiger partial charge on any atom is -0.508 e. The number of amides is 1. The first-order chi connectivity index (χ1) is 12.3. The molecule has 2 rings (SSSR count). The highest BCUT2D eigenvalue weighted by atomic mass is 32.2. The molecule has 0 fully saturated rings. The molecular weight excluding hydrogens is 363 g/mol. The minimum atomic E-state index is -4.43. The molecule has 0 aliphatic carbocycles. The monoisotopic (exact) mass is 383 g/mol. The molecule has 0 aliphatic heterocycles. The highest BCUT2D eigenvalue weighted by molar-refractivity contribution is 7.99. The van der Waals surface area contributed by atoms with Crippen LogP contribution in [0.4, 0.5) is 13.2 Å². The van der Waals surface area contributed by atoms with Gasteiger partial charge in [0.05, 0.1) is 5.56 Å². The lowest BCUT2D eigenvalue weighted by atomic mass is 10.1. The standard InChI is InChI=1S/C19H20F3NO2S/c1-13(26-16-9-7-15(24)8-10-16)6-11-18(25)23-12-14-4-2-3-5-17(14)19(20,21)22/h2-5,7-10,13,24H,6,11-12H2,1H3,(H,23,25). The minimum absolute atomic E-state index is 0.0554. The molecule has 0 heterocycles. The van der Waals surface area contributed by atoms with E-state index in [4.69, 9.17) is 0 Å². The maximum absolute atomic E-state index is 12.9. The van der Waals surface area contributed by atoms with E-state index in [1.807, 2.05) is 6.92 Å². The van der Waals surface area contributed by atoms with Crippen LogP contribution in [-0.2, 0) is 17.5 Å². The Morgan fingerprint density at radius 1 is 1.15 bits per heavy atom. The Bertz CT molecular complexity index is 732. The molecule has 0 aliphatic rings. The van der Waals surface area contributed by atoms with Crippen LogP contribution in [0.3, 0.4) is 0 Å². The van der Waals surface area contributed by atoms with Crippen molar-refractivity contribution in [2.45, 2.75) is 42.6 Å². The summed E-state index contributed by atoms with van der Waals surface area (Å²) in [6.07, 6.45) is -3.60. The number of halogens is 3. The van der Waals surface area contributed by atoms with Gasteiger partial charge in [-0.3, -0.25) is 4.79 Å². The third kappa shape index (κ3) is 6.29. The second-order valence-electron chi connectivity index (χ2n) is 5.89. The van der Waals surface area contributed by atoms with Gasteiger partial charge in [0.2, 0.25) is 5.91 Å². The van der Waals surface area contributed by atoms with E-state index in [0.29, 0.717) is 6.42 Å². The van der Waals surface area contributed by atoms with Gasteiger partial charge in [0.25, 0.3) is 0 Å². The van der Waals surface area contributed by atoms with Crippen molar-refractivity contribution >= 4 is 17.7 Å². The SMILES string of the molecule is CC(CCC(=O)NCc1ccccc1C(F)(F)F)Sc1ccc(O)cc1. The average molecular weight is 383 g/mol. The molecule has 0 saturated carbocycles. The number of phenolic OH excluding ortho intramolecular Hbond substituents is 1. The number of alkyl halides is 3. The highest BCUT2D eigenvalue weighted by Crippen LogP contribution is 2.32. The van der Waals surface area contributed by atoms with Crippen LogP contribution in [0, 0.1) is 0 Å². The van der Waals surface area contributed by atoms with Crippen molar-refractivity contribution in [1.82, 2.24) is 5.32 Å². The molecule has 0 spiro atoms. The third-order valence-corrected chi connectivity index (χ3v) is 4.93. The number of hydrogen-bond donors (Lipinski definition) is 2. The van der Waals surface area contributed by atoms with Gasteiger partial charge in [-0.25, -0.2) is 0 Å². The van der Waals surface area contributed by atoms with Gasteiger partial charge in [-0.05, 0) is 42.3 Å². The quantitative estimate of drug-likeness (QED) is 0.663. The lowest BCUT2D eigenvalue weighted by Gasteiger charge is -2.14. The van der Waals surface area contributed by atoms with Crippen molar-refractivity contribution in [3.63, 3.8) is 0 Å². The summed E-state index contributed by atoms with van der Waals surface area (Å²) in [5.74, 6) is -0.0827. The lowest BCUT2D eigenvalue weighted by molar-refractivity contribution is -0.138. The Kier molecular flexibility index (Phi) is 6.97. The second kappa shape index (κ2) is 8.98. The van der Waals surface area contributed by atoms with Crippen molar-refractivity contribution in [3.05, 3.63) is 59.7 Å². The summed E-state index contributed by atoms with van der Waals surface area (Å²) in [5, 5.41) is 12.0. The van der Waals surface area contributed by atoms with Gasteiger partial charge in [0, 0.05) is 23.1 Å². The number of rotatable bonds is 7. The number of thioether (sulfide) groups is 1. The van der Waals surface area contributed by atoms with Gasteiger partial charge < -0.3 is 10.4 Å². The van der Waals surface area contributed by atoms with Crippen LogP contribution in [0.1, 0.15) is 30.9 Å². The van der Waals surface area contributed by atoms with Gasteiger partial charge in [0.1, 0.15) is 5.75 Å². The molecule has 0 bridgehead atoms. The van der Waals surface area contributed by atoms with Gasteiger partial charge in [-0.1, -0.05) is 25.1 Å². The molecule has 0 saturated heterocycles. The van der Waals surface area contributed by atoms with Crippen LogP contribution in [0.25, 0.3) is 0 Å². The number of aromatic hydroxyl groups is 1. The largest absolute Gasteiger partial charge is 0.508 e. The molecule has 1 amide bonds. The fourth-order valence-corrected chi connectivity index (χ4v) is 3.38. The zero-order valence-corrected chi connectivity index (χ0v) is 15.0. The fraction of sp³-hybridized carbons (Fsp3) is 0.316. The van der Waals surface area contributed by atoms with E-state index < -0.39 is 11.7 Å². The van der Waals surface area contributed by atoms with E-state index in [1.54, 1.807) is 36.0 Å². The van der Waals surface area contributed by atoms with Crippen LogP contribution in [0.5, 0.6) is 5.75 Å². The van der Waals surface area contributed by atoms with Crippen LogP contribution >= 0.6 is 11.8 Å². The number of phenols is 1. The number of hydrogen-bond acceptors (Lipinski definition) is 3. The van der Waals surface area contributed by atoms with Crippen molar-refractivity contribution < 1.29 is 23.1 Å². The Labute approximate surface area is 154 Å². The van der Waals surface area contributed by atoms with E-state index in [-0.39, 0.29) is 35.4 Å². The van der Waals surface area contributed by atoms with E-state index in [9.17, 15) is 23.1 Å². The Balaban J connectivity index is 1.80. The topological polar surface area (TPSA) is 49.3 Å². The summed E-state index contributed by atoms with van der Waals surface area (Å²) in [5.41, 5.74) is -0.670. The number of carbonyl (C=O) groups excluding carboxylic acids is 1. The van der Waals surface area contributed by atoms with Crippen molar-refractivity contribution in [3.8, 4) is 5.75 Å². The fourth-order valence-electron chi connectivity index (χ4n) is 2.38. The third-order valence-electron chi connectivity index (χ3n) is 3.75. The first kappa shape index (κ1) is 20.2. The molecule has 0 radical (unpaired) electrons. The highest BCUT2D eigenvalue weighted by Gasteiger charge is 2.32. The number of benzene rings is 2. The van der Waals surface area contributed by atoms with E-state index >= 15 is 0 Å². The lowest BCUT2D eigenvalue weighted by Crippen LogP contribution is -2.24. The van der Waals surface area contributed by atoms with Gasteiger partial charge >= 0.3 is 6.18 Å². The van der Waals surface area contributed by atoms with Crippen LogP contribution in [-0.4, -0.2) is 16.3 Å². The second-order valence-corrected chi connectivity index (χ2v) is 7.40. The molecule has 140 valence electrons. The molecule has 1 atom stereocenters. The summed E-state index contributed by atoms with van der Waals surface area (Å²) in [6.45, 7) is 1.83. The number of nitrogens with one attached hydrogen (secondary N) is 1. The van der Waals surface area contributed by atoms with Crippen LogP contribution in [0.15, 0.2) is 53.4 Å². The summed E-state index contributed by atoms with van der Waals surface area (Å²) >= 11 is 1.57. The predicted molar refractivity (Wildman–Crippen MR) is 96.0 cm³/mol. The van der Waals surface area contributed by atoms with Crippen molar-refractivity contribution in [1.29, 1.82) is 0 Å². The molecule has 7 heteroatoms. The summed E-state index contributed by atoms with van der Waals surface area (Å²) in [7, 11) is 0. The summed E-state index contributed by atoms with van der Waals surface area (Å²) in [6, 6.07) is 12.0. The normalized spacial score (nSPS) is 12.6. The molecule has 2 aromatic rings. The molecule has 3 nitrogen and oxygen atoms in total. The average Bonchev–Trinajstić information content (AvgIpc) is 2.59. The van der Waals surface area contributed by atoms with E-state index in [0.717, 1.165) is 11.0 Å². The van der Waals surface area contributed by atoms with E-state index in [2.05, 4.69) is 5.32 Å². The summed E-state index contributed by atoms with van der Waals surface area (Å²) in [4.78, 5) is 12.9. The Hall–Kier alpha value is -2.15. The van der Waals surface area contributed by atoms with Crippen LogP contribution < -0.4 is 5.32 Å². The Morgan fingerprint density at radius 2 is 1.81 bits per heavy atom. The zero-order chi connectivity index (χ0) is 19.2. The number of carbonyl (C=O) groups is 1. The smallest absolute Gasteiger partial charge is 0.416 e. The zero-order valence-electron chi connectivity index (χ0n) is 14.2. The molecule has 26 heavy (non-hydrogen) atoms. The van der Waals surface area contributed by atoms with Crippen LogP contribution in [0.2, 0.25) is 0 Å². The first-order valence-electron chi connectivity index (χ1n) is 8.13. The van der Waals surface area contributed by atoms with Gasteiger partial charge in [0.15, 0.2) is 0 Å². The molecular formula is C19H20F3NO2S. The molecule has 2 N–H and O–H groups in total. The first-order valence-corrected chi connectivity index (χ1v) is 9.01. The van der Waals surface area contributed by atoms with E-state index in [1.165, 1.54) is 18.2 Å². The molecule has 2 aromatic carbocycles.